The first kappa shape index (κ1) is 19.4. The smallest absolute Gasteiger partial charge is 0.173 e. The molecule has 0 fully saturated rings. The lowest BCUT2D eigenvalue weighted by Gasteiger charge is -2.30. The minimum atomic E-state index is 0.304. The van der Waals surface area contributed by atoms with Crippen LogP contribution in [0.4, 0.5) is 5.69 Å². The van der Waals surface area contributed by atoms with Gasteiger partial charge in [-0.1, -0.05) is 30.3 Å². The molecule has 0 aliphatic heterocycles. The van der Waals surface area contributed by atoms with Gasteiger partial charge in [0.1, 0.15) is 0 Å². The molecular weight excluding hydrogens is 350 g/mol. The Morgan fingerprint density at radius 3 is 2.56 bits per heavy atom. The Balaban J connectivity index is 1.88. The van der Waals surface area contributed by atoms with E-state index in [0.29, 0.717) is 6.04 Å². The molecule has 2 aromatic carbocycles. The van der Waals surface area contributed by atoms with Crippen molar-refractivity contribution in [3.05, 3.63) is 65.4 Å². The first-order valence-electron chi connectivity index (χ1n) is 9.63. The van der Waals surface area contributed by atoms with Crippen LogP contribution < -0.4 is 5.32 Å². The van der Waals surface area contributed by atoms with Crippen molar-refractivity contribution in [3.8, 4) is 0 Å². The van der Waals surface area contributed by atoms with E-state index in [-0.39, 0.29) is 0 Å². The fourth-order valence-electron chi connectivity index (χ4n) is 3.46. The number of benzene rings is 2. The molecule has 0 unspecified atom stereocenters. The molecule has 0 atom stereocenters. The SMILES string of the molecule is CCn1cc(CN(C(=S)Nc2cccc(C)c2C)C(C)C)c2ccccc21. The number of thiocarbonyl (C=S) groups is 1. The number of para-hydroxylation sites is 1. The highest BCUT2D eigenvalue weighted by Gasteiger charge is 2.18. The lowest BCUT2D eigenvalue weighted by atomic mass is 10.1. The topological polar surface area (TPSA) is 20.2 Å². The van der Waals surface area contributed by atoms with Gasteiger partial charge < -0.3 is 14.8 Å². The summed E-state index contributed by atoms with van der Waals surface area (Å²) >= 11 is 5.80. The number of hydrogen-bond donors (Lipinski definition) is 1. The van der Waals surface area contributed by atoms with E-state index in [1.54, 1.807) is 0 Å². The first-order chi connectivity index (χ1) is 12.9. The van der Waals surface area contributed by atoms with Gasteiger partial charge in [0, 0.05) is 41.9 Å². The summed E-state index contributed by atoms with van der Waals surface area (Å²) in [4.78, 5) is 2.26. The summed E-state index contributed by atoms with van der Waals surface area (Å²) in [5.41, 5.74) is 6.19. The zero-order valence-electron chi connectivity index (χ0n) is 16.9. The highest BCUT2D eigenvalue weighted by atomic mass is 32.1. The number of nitrogens with one attached hydrogen (secondary N) is 1. The molecule has 1 aromatic heterocycles. The lowest BCUT2D eigenvalue weighted by Crippen LogP contribution is -2.39. The van der Waals surface area contributed by atoms with Crippen molar-refractivity contribution in [1.29, 1.82) is 0 Å². The molecule has 0 spiro atoms. The number of rotatable bonds is 5. The second-order valence-electron chi connectivity index (χ2n) is 7.36. The summed E-state index contributed by atoms with van der Waals surface area (Å²) in [7, 11) is 0. The van der Waals surface area contributed by atoms with E-state index in [0.717, 1.165) is 23.9 Å². The summed E-state index contributed by atoms with van der Waals surface area (Å²) < 4.78 is 2.31. The van der Waals surface area contributed by atoms with Crippen molar-refractivity contribution in [2.45, 2.75) is 53.8 Å². The van der Waals surface area contributed by atoms with Crippen molar-refractivity contribution in [2.75, 3.05) is 5.32 Å². The molecule has 0 aliphatic carbocycles. The van der Waals surface area contributed by atoms with Crippen molar-refractivity contribution < 1.29 is 0 Å². The molecule has 0 radical (unpaired) electrons. The van der Waals surface area contributed by atoms with E-state index in [2.05, 4.69) is 98.1 Å². The predicted molar refractivity (Wildman–Crippen MR) is 120 cm³/mol. The predicted octanol–water partition coefficient (Wildman–Crippen LogP) is 5.89. The van der Waals surface area contributed by atoms with Crippen LogP contribution in [0, 0.1) is 13.8 Å². The van der Waals surface area contributed by atoms with Crippen LogP contribution in [0.15, 0.2) is 48.7 Å². The van der Waals surface area contributed by atoms with Crippen LogP contribution in [-0.4, -0.2) is 20.6 Å². The molecule has 4 heteroatoms. The molecule has 0 amide bonds. The molecule has 3 nitrogen and oxygen atoms in total. The maximum atomic E-state index is 5.80. The molecule has 1 N–H and O–H groups in total. The fourth-order valence-corrected chi connectivity index (χ4v) is 3.84. The summed E-state index contributed by atoms with van der Waals surface area (Å²) in [6.07, 6.45) is 2.26. The molecule has 0 saturated heterocycles. The summed E-state index contributed by atoms with van der Waals surface area (Å²) in [6.45, 7) is 12.6. The second kappa shape index (κ2) is 8.13. The van der Waals surface area contributed by atoms with Crippen LogP contribution in [0.5, 0.6) is 0 Å². The van der Waals surface area contributed by atoms with Crippen molar-refractivity contribution in [2.24, 2.45) is 0 Å². The van der Waals surface area contributed by atoms with Gasteiger partial charge in [0.25, 0.3) is 0 Å². The standard InChI is InChI=1S/C23H29N3S/c1-6-25-14-19(20-11-7-8-13-22(20)25)15-26(16(2)3)23(27)24-21-12-9-10-17(4)18(21)5/h7-14,16H,6,15H2,1-5H3,(H,24,27). The normalized spacial score (nSPS) is 11.2. The van der Waals surface area contributed by atoms with Gasteiger partial charge in [-0.05, 0) is 75.7 Å². The lowest BCUT2D eigenvalue weighted by molar-refractivity contribution is 0.349. The minimum Gasteiger partial charge on any atom is -0.347 e. The van der Waals surface area contributed by atoms with E-state index in [1.807, 2.05) is 0 Å². The highest BCUT2D eigenvalue weighted by Crippen LogP contribution is 2.24. The average Bonchev–Trinajstić information content (AvgIpc) is 3.01. The minimum absolute atomic E-state index is 0.304. The van der Waals surface area contributed by atoms with Crippen LogP contribution in [0.25, 0.3) is 10.9 Å². The van der Waals surface area contributed by atoms with E-state index >= 15 is 0 Å². The van der Waals surface area contributed by atoms with Crippen LogP contribution in [-0.2, 0) is 13.1 Å². The van der Waals surface area contributed by atoms with Crippen LogP contribution >= 0.6 is 12.2 Å². The van der Waals surface area contributed by atoms with Crippen molar-refractivity contribution in [1.82, 2.24) is 9.47 Å². The first-order valence-corrected chi connectivity index (χ1v) is 10.0. The van der Waals surface area contributed by atoms with Gasteiger partial charge in [-0.15, -0.1) is 0 Å². The Morgan fingerprint density at radius 2 is 1.85 bits per heavy atom. The molecule has 3 rings (SSSR count). The van der Waals surface area contributed by atoms with Crippen LogP contribution in [0.1, 0.15) is 37.5 Å². The summed E-state index contributed by atoms with van der Waals surface area (Å²) in [6, 6.07) is 15.2. The maximum absolute atomic E-state index is 5.80. The number of hydrogen-bond acceptors (Lipinski definition) is 1. The van der Waals surface area contributed by atoms with E-state index in [9.17, 15) is 0 Å². The van der Waals surface area contributed by atoms with Gasteiger partial charge in [0.05, 0.1) is 0 Å². The molecule has 142 valence electrons. The number of fused-ring (bicyclic) bond motifs is 1. The maximum Gasteiger partial charge on any atom is 0.173 e. The second-order valence-corrected chi connectivity index (χ2v) is 7.74. The Bertz CT molecular complexity index is 955. The van der Waals surface area contributed by atoms with Gasteiger partial charge in [-0.3, -0.25) is 0 Å². The van der Waals surface area contributed by atoms with Gasteiger partial charge >= 0.3 is 0 Å². The number of anilines is 1. The highest BCUT2D eigenvalue weighted by molar-refractivity contribution is 7.80. The molecule has 0 saturated carbocycles. The summed E-state index contributed by atoms with van der Waals surface area (Å²) in [5, 5.41) is 5.55. The third-order valence-electron chi connectivity index (χ3n) is 5.28. The van der Waals surface area contributed by atoms with E-state index < -0.39 is 0 Å². The Labute approximate surface area is 168 Å². The molecule has 1 heterocycles. The molecule has 3 aromatic rings. The van der Waals surface area contributed by atoms with Crippen molar-refractivity contribution >= 4 is 33.9 Å². The number of aromatic nitrogens is 1. The van der Waals surface area contributed by atoms with Crippen LogP contribution in [0.3, 0.4) is 0 Å². The van der Waals surface area contributed by atoms with Crippen molar-refractivity contribution in [3.63, 3.8) is 0 Å². The van der Waals surface area contributed by atoms with Gasteiger partial charge in [0.15, 0.2) is 5.11 Å². The largest absolute Gasteiger partial charge is 0.347 e. The van der Waals surface area contributed by atoms with E-state index in [1.165, 1.54) is 27.6 Å². The molecular formula is C23H29N3S. The zero-order chi connectivity index (χ0) is 19.6. The molecule has 0 aliphatic rings. The quantitative estimate of drug-likeness (QED) is 0.559. The average molecular weight is 380 g/mol. The number of nitrogens with zero attached hydrogens (tertiary/aromatic N) is 2. The van der Waals surface area contributed by atoms with Gasteiger partial charge in [0.2, 0.25) is 0 Å². The number of aryl methyl sites for hydroxylation is 2. The zero-order valence-corrected chi connectivity index (χ0v) is 17.7. The monoisotopic (exact) mass is 379 g/mol. The van der Waals surface area contributed by atoms with Gasteiger partial charge in [-0.25, -0.2) is 0 Å². The molecule has 0 bridgehead atoms. The molecule has 27 heavy (non-hydrogen) atoms. The Morgan fingerprint density at radius 1 is 1.11 bits per heavy atom. The summed E-state index contributed by atoms with van der Waals surface area (Å²) in [5.74, 6) is 0. The van der Waals surface area contributed by atoms with E-state index in [4.69, 9.17) is 12.2 Å². The Kier molecular flexibility index (Phi) is 5.85. The Hall–Kier alpha value is -2.33. The van der Waals surface area contributed by atoms with Gasteiger partial charge in [-0.2, -0.15) is 0 Å². The fraction of sp³-hybridized carbons (Fsp3) is 0.348. The third kappa shape index (κ3) is 4.01. The van der Waals surface area contributed by atoms with Crippen LogP contribution in [0.2, 0.25) is 0 Å². The third-order valence-corrected chi connectivity index (χ3v) is 5.62.